The standard InChI is InChI=1S/C16H19NO4/c1-17(10-9-13-6-5-11-20-13)16(18)12-21-15-8-4-3-7-14(15)19-2/h3-8,11H,9-10,12H2,1-2H3. The van der Waals surface area contributed by atoms with Crippen LogP contribution < -0.4 is 9.47 Å². The third-order valence-electron chi connectivity index (χ3n) is 3.12. The Balaban J connectivity index is 1.80. The number of methoxy groups -OCH3 is 1. The molecule has 1 heterocycles. The predicted octanol–water partition coefficient (Wildman–Crippen LogP) is 2.37. The second-order valence-corrected chi connectivity index (χ2v) is 4.58. The van der Waals surface area contributed by atoms with Crippen LogP contribution in [0.4, 0.5) is 0 Å². The van der Waals surface area contributed by atoms with E-state index in [1.165, 1.54) is 0 Å². The van der Waals surface area contributed by atoms with Gasteiger partial charge in [0.05, 0.1) is 13.4 Å². The first-order chi connectivity index (χ1) is 10.2. The lowest BCUT2D eigenvalue weighted by atomic mass is 10.3. The fourth-order valence-corrected chi connectivity index (χ4v) is 1.85. The largest absolute Gasteiger partial charge is 0.493 e. The number of hydrogen-bond acceptors (Lipinski definition) is 4. The average Bonchev–Trinajstić information content (AvgIpc) is 3.03. The molecular formula is C16H19NO4. The number of para-hydroxylation sites is 2. The van der Waals surface area contributed by atoms with E-state index >= 15 is 0 Å². The lowest BCUT2D eigenvalue weighted by Crippen LogP contribution is -2.33. The van der Waals surface area contributed by atoms with E-state index in [4.69, 9.17) is 13.9 Å². The van der Waals surface area contributed by atoms with Crippen LogP contribution in [0.1, 0.15) is 5.76 Å². The van der Waals surface area contributed by atoms with Crippen LogP contribution in [0.3, 0.4) is 0 Å². The first kappa shape index (κ1) is 15.0. The Morgan fingerprint density at radius 3 is 2.62 bits per heavy atom. The molecule has 0 unspecified atom stereocenters. The summed E-state index contributed by atoms with van der Waals surface area (Å²) in [6.07, 6.45) is 2.31. The van der Waals surface area contributed by atoms with Crippen LogP contribution in [0.2, 0.25) is 0 Å². The summed E-state index contributed by atoms with van der Waals surface area (Å²) in [5.74, 6) is 1.95. The molecule has 0 radical (unpaired) electrons. The number of furan rings is 1. The maximum absolute atomic E-state index is 12.0. The van der Waals surface area contributed by atoms with Crippen LogP contribution in [0.25, 0.3) is 0 Å². The van der Waals surface area contributed by atoms with Gasteiger partial charge in [0.15, 0.2) is 18.1 Å². The average molecular weight is 289 g/mol. The maximum Gasteiger partial charge on any atom is 0.260 e. The number of likely N-dealkylation sites (N-methyl/N-ethyl adjacent to an activating group) is 1. The van der Waals surface area contributed by atoms with Crippen LogP contribution in [0, 0.1) is 0 Å². The minimum Gasteiger partial charge on any atom is -0.493 e. The maximum atomic E-state index is 12.0. The summed E-state index contributed by atoms with van der Waals surface area (Å²) in [5, 5.41) is 0. The molecule has 5 heteroatoms. The molecule has 0 aliphatic carbocycles. The smallest absolute Gasteiger partial charge is 0.260 e. The van der Waals surface area contributed by atoms with E-state index in [1.807, 2.05) is 24.3 Å². The van der Waals surface area contributed by atoms with Crippen LogP contribution in [0.15, 0.2) is 47.1 Å². The van der Waals surface area contributed by atoms with Crippen molar-refractivity contribution in [3.63, 3.8) is 0 Å². The van der Waals surface area contributed by atoms with Crippen LogP contribution >= 0.6 is 0 Å². The molecule has 2 aromatic rings. The molecule has 0 aliphatic heterocycles. The molecule has 112 valence electrons. The highest BCUT2D eigenvalue weighted by Gasteiger charge is 2.11. The molecular weight excluding hydrogens is 270 g/mol. The fraction of sp³-hybridized carbons (Fsp3) is 0.312. The van der Waals surface area contributed by atoms with E-state index in [9.17, 15) is 4.79 Å². The number of carbonyl (C=O) groups excluding carboxylic acids is 1. The Morgan fingerprint density at radius 2 is 1.95 bits per heavy atom. The molecule has 1 amide bonds. The van der Waals surface area contributed by atoms with Gasteiger partial charge in [-0.05, 0) is 24.3 Å². The van der Waals surface area contributed by atoms with Crippen LogP contribution in [-0.4, -0.2) is 38.1 Å². The molecule has 0 saturated heterocycles. The molecule has 5 nitrogen and oxygen atoms in total. The number of rotatable bonds is 7. The fourth-order valence-electron chi connectivity index (χ4n) is 1.85. The van der Waals surface area contributed by atoms with Crippen LogP contribution in [0.5, 0.6) is 11.5 Å². The van der Waals surface area contributed by atoms with Gasteiger partial charge in [0, 0.05) is 20.0 Å². The Hall–Kier alpha value is -2.43. The first-order valence-electron chi connectivity index (χ1n) is 6.73. The van der Waals surface area contributed by atoms with Crippen molar-refractivity contribution in [1.82, 2.24) is 4.90 Å². The number of hydrogen-bond donors (Lipinski definition) is 0. The number of nitrogens with zero attached hydrogens (tertiary/aromatic N) is 1. The van der Waals surface area contributed by atoms with Gasteiger partial charge in [-0.2, -0.15) is 0 Å². The predicted molar refractivity (Wildman–Crippen MR) is 78.5 cm³/mol. The second-order valence-electron chi connectivity index (χ2n) is 4.58. The Labute approximate surface area is 124 Å². The summed E-state index contributed by atoms with van der Waals surface area (Å²) >= 11 is 0. The summed E-state index contributed by atoms with van der Waals surface area (Å²) < 4.78 is 15.9. The van der Waals surface area contributed by atoms with Gasteiger partial charge in [-0.3, -0.25) is 4.79 Å². The normalized spacial score (nSPS) is 10.2. The van der Waals surface area contributed by atoms with E-state index in [1.54, 1.807) is 37.5 Å². The van der Waals surface area contributed by atoms with Crippen molar-refractivity contribution in [1.29, 1.82) is 0 Å². The molecule has 0 N–H and O–H groups in total. The summed E-state index contributed by atoms with van der Waals surface area (Å²) in [4.78, 5) is 13.6. The van der Waals surface area contributed by atoms with Gasteiger partial charge in [-0.15, -0.1) is 0 Å². The van der Waals surface area contributed by atoms with Crippen molar-refractivity contribution in [3.8, 4) is 11.5 Å². The van der Waals surface area contributed by atoms with E-state index in [0.29, 0.717) is 24.5 Å². The molecule has 1 aromatic carbocycles. The quantitative estimate of drug-likeness (QED) is 0.785. The third-order valence-corrected chi connectivity index (χ3v) is 3.12. The Bertz CT molecular complexity index is 565. The van der Waals surface area contributed by atoms with Gasteiger partial charge in [-0.1, -0.05) is 12.1 Å². The lowest BCUT2D eigenvalue weighted by Gasteiger charge is -2.17. The highest BCUT2D eigenvalue weighted by atomic mass is 16.5. The summed E-state index contributed by atoms with van der Waals surface area (Å²) in [7, 11) is 3.32. The zero-order valence-corrected chi connectivity index (χ0v) is 12.2. The SMILES string of the molecule is COc1ccccc1OCC(=O)N(C)CCc1ccco1. The summed E-state index contributed by atoms with van der Waals surface area (Å²) in [6, 6.07) is 11.0. The van der Waals surface area contributed by atoms with Gasteiger partial charge in [0.1, 0.15) is 5.76 Å². The number of benzene rings is 1. The van der Waals surface area contributed by atoms with Gasteiger partial charge in [-0.25, -0.2) is 0 Å². The molecule has 0 atom stereocenters. The second kappa shape index (κ2) is 7.38. The van der Waals surface area contributed by atoms with E-state index in [-0.39, 0.29) is 12.5 Å². The monoisotopic (exact) mass is 289 g/mol. The van der Waals surface area contributed by atoms with E-state index < -0.39 is 0 Å². The van der Waals surface area contributed by atoms with Gasteiger partial charge < -0.3 is 18.8 Å². The van der Waals surface area contributed by atoms with Crippen molar-refractivity contribution < 1.29 is 18.7 Å². The lowest BCUT2D eigenvalue weighted by molar-refractivity contribution is -0.132. The van der Waals surface area contributed by atoms with Crippen molar-refractivity contribution in [3.05, 3.63) is 48.4 Å². The Morgan fingerprint density at radius 1 is 1.19 bits per heavy atom. The molecule has 21 heavy (non-hydrogen) atoms. The van der Waals surface area contributed by atoms with E-state index in [0.717, 1.165) is 5.76 Å². The van der Waals surface area contributed by atoms with Gasteiger partial charge in [0.25, 0.3) is 5.91 Å². The van der Waals surface area contributed by atoms with Crippen molar-refractivity contribution in [2.45, 2.75) is 6.42 Å². The molecule has 0 aliphatic rings. The Kier molecular flexibility index (Phi) is 5.26. The molecule has 0 bridgehead atoms. The minimum atomic E-state index is -0.0903. The van der Waals surface area contributed by atoms with Crippen molar-refractivity contribution >= 4 is 5.91 Å². The molecule has 0 fully saturated rings. The zero-order chi connectivity index (χ0) is 15.1. The number of ether oxygens (including phenoxy) is 2. The molecule has 0 saturated carbocycles. The zero-order valence-electron chi connectivity index (χ0n) is 12.2. The van der Waals surface area contributed by atoms with Crippen molar-refractivity contribution in [2.75, 3.05) is 27.3 Å². The molecule has 0 spiro atoms. The van der Waals surface area contributed by atoms with Crippen LogP contribution in [-0.2, 0) is 11.2 Å². The van der Waals surface area contributed by atoms with Gasteiger partial charge >= 0.3 is 0 Å². The first-order valence-corrected chi connectivity index (χ1v) is 6.73. The molecule has 1 aromatic heterocycles. The topological polar surface area (TPSA) is 51.9 Å². The number of amides is 1. The summed E-state index contributed by atoms with van der Waals surface area (Å²) in [6.45, 7) is 0.566. The highest BCUT2D eigenvalue weighted by Crippen LogP contribution is 2.25. The van der Waals surface area contributed by atoms with Gasteiger partial charge in [0.2, 0.25) is 0 Å². The molecule has 2 rings (SSSR count). The van der Waals surface area contributed by atoms with Crippen molar-refractivity contribution in [2.24, 2.45) is 0 Å². The number of carbonyl (C=O) groups is 1. The highest BCUT2D eigenvalue weighted by molar-refractivity contribution is 5.77. The minimum absolute atomic E-state index is 0.0188. The third kappa shape index (κ3) is 4.27. The summed E-state index contributed by atoms with van der Waals surface area (Å²) in [5.41, 5.74) is 0. The van der Waals surface area contributed by atoms with E-state index in [2.05, 4.69) is 0 Å².